The van der Waals surface area contributed by atoms with E-state index in [9.17, 15) is 13.5 Å². The molecule has 2 aromatic carbocycles. The molecule has 1 aliphatic rings. The summed E-state index contributed by atoms with van der Waals surface area (Å²) in [6, 6.07) is 11.9. The van der Waals surface area contributed by atoms with Gasteiger partial charge in [0, 0.05) is 11.6 Å². The lowest BCUT2D eigenvalue weighted by Crippen LogP contribution is -2.39. The molecule has 1 atom stereocenters. The average molecular weight is 368 g/mol. The molecule has 0 saturated heterocycles. The number of hydrogen-bond acceptors (Lipinski definition) is 4. The summed E-state index contributed by atoms with van der Waals surface area (Å²) >= 11 is 5.90. The predicted octanol–water partition coefficient (Wildman–Crippen LogP) is 2.46. The molecule has 0 radical (unpaired) electrons. The molecule has 0 saturated carbocycles. The van der Waals surface area contributed by atoms with E-state index in [0.717, 1.165) is 17.5 Å². The minimum Gasteiger partial charge on any atom is -0.495 e. The Hall–Kier alpha value is -1.60. The van der Waals surface area contributed by atoms with E-state index in [4.69, 9.17) is 16.3 Å². The van der Waals surface area contributed by atoms with Crippen LogP contribution in [0.25, 0.3) is 0 Å². The Morgan fingerprint density at radius 2 is 2.04 bits per heavy atom. The Bertz CT molecular complexity index is 869. The van der Waals surface area contributed by atoms with Crippen molar-refractivity contribution < 1.29 is 18.3 Å². The molecule has 0 spiro atoms. The van der Waals surface area contributed by atoms with Crippen LogP contribution in [0, 0.1) is 0 Å². The Morgan fingerprint density at radius 3 is 2.79 bits per heavy atom. The molecule has 1 aliphatic carbocycles. The third-order valence-corrected chi connectivity index (χ3v) is 5.95. The first-order valence-corrected chi connectivity index (χ1v) is 9.36. The Balaban J connectivity index is 1.86. The number of aliphatic hydroxyl groups is 1. The van der Waals surface area contributed by atoms with Crippen molar-refractivity contribution in [3.05, 3.63) is 58.6 Å². The highest BCUT2D eigenvalue weighted by Gasteiger charge is 2.37. The number of benzene rings is 2. The van der Waals surface area contributed by atoms with Crippen molar-refractivity contribution in [3.8, 4) is 5.75 Å². The van der Waals surface area contributed by atoms with E-state index in [1.807, 2.05) is 24.3 Å². The molecule has 0 aromatic heterocycles. The molecule has 0 aliphatic heterocycles. The number of methoxy groups -OCH3 is 1. The predicted molar refractivity (Wildman–Crippen MR) is 91.9 cm³/mol. The molecule has 128 valence electrons. The number of sulfonamides is 1. The highest BCUT2D eigenvalue weighted by Crippen LogP contribution is 2.36. The Labute approximate surface area is 146 Å². The van der Waals surface area contributed by atoms with Crippen LogP contribution in [-0.4, -0.2) is 27.2 Å². The summed E-state index contributed by atoms with van der Waals surface area (Å²) in [5, 5.41) is 11.1. The minimum atomic E-state index is -3.87. The molecule has 0 amide bonds. The third-order valence-electron chi connectivity index (χ3n) is 4.30. The number of nitrogens with one attached hydrogen (secondary N) is 1. The lowest BCUT2D eigenvalue weighted by molar-refractivity contribution is 0.0442. The summed E-state index contributed by atoms with van der Waals surface area (Å²) in [5.41, 5.74) is 0.598. The van der Waals surface area contributed by atoms with Gasteiger partial charge >= 0.3 is 0 Å². The largest absolute Gasteiger partial charge is 0.495 e. The van der Waals surface area contributed by atoms with E-state index in [1.165, 1.54) is 19.2 Å². The zero-order valence-electron chi connectivity index (χ0n) is 13.1. The SMILES string of the molecule is COc1ccc(Cl)cc1S(=O)(=O)NCC1(O)CCc2ccccc21. The molecular formula is C17H18ClNO4S. The second-order valence-electron chi connectivity index (χ2n) is 5.81. The fourth-order valence-corrected chi connectivity index (χ4v) is 4.52. The van der Waals surface area contributed by atoms with Crippen LogP contribution in [0.4, 0.5) is 0 Å². The fraction of sp³-hybridized carbons (Fsp3) is 0.294. The first kappa shape index (κ1) is 17.2. The van der Waals surface area contributed by atoms with Crippen molar-refractivity contribution in [2.75, 3.05) is 13.7 Å². The standard InChI is InChI=1S/C17H18ClNO4S/c1-23-15-7-6-13(18)10-16(15)24(21,22)19-11-17(20)9-8-12-4-2-3-5-14(12)17/h2-7,10,19-20H,8-9,11H2,1H3. The van der Waals surface area contributed by atoms with Gasteiger partial charge in [-0.1, -0.05) is 35.9 Å². The molecule has 0 fully saturated rings. The summed E-state index contributed by atoms with van der Waals surface area (Å²) in [5.74, 6) is 0.200. The van der Waals surface area contributed by atoms with Gasteiger partial charge in [-0.05, 0) is 42.2 Å². The first-order valence-electron chi connectivity index (χ1n) is 7.50. The molecule has 7 heteroatoms. The monoisotopic (exact) mass is 367 g/mol. The van der Waals surface area contributed by atoms with Gasteiger partial charge in [0.1, 0.15) is 16.2 Å². The van der Waals surface area contributed by atoms with Crippen LogP contribution in [0.3, 0.4) is 0 Å². The van der Waals surface area contributed by atoms with Gasteiger partial charge in [0.25, 0.3) is 0 Å². The van der Waals surface area contributed by atoms with Crippen LogP contribution in [-0.2, 0) is 22.0 Å². The Kier molecular flexibility index (Phi) is 4.57. The van der Waals surface area contributed by atoms with Gasteiger partial charge in [-0.2, -0.15) is 0 Å². The molecule has 24 heavy (non-hydrogen) atoms. The lowest BCUT2D eigenvalue weighted by Gasteiger charge is -2.24. The van der Waals surface area contributed by atoms with Crippen molar-refractivity contribution in [3.63, 3.8) is 0 Å². The maximum Gasteiger partial charge on any atom is 0.244 e. The quantitative estimate of drug-likeness (QED) is 0.851. The maximum absolute atomic E-state index is 12.6. The second kappa shape index (κ2) is 6.37. The molecule has 5 nitrogen and oxygen atoms in total. The van der Waals surface area contributed by atoms with Gasteiger partial charge in [0.15, 0.2) is 0 Å². The number of aryl methyl sites for hydroxylation is 1. The smallest absolute Gasteiger partial charge is 0.244 e. The average Bonchev–Trinajstić information content (AvgIpc) is 2.91. The van der Waals surface area contributed by atoms with E-state index < -0.39 is 15.6 Å². The van der Waals surface area contributed by atoms with Gasteiger partial charge in [-0.25, -0.2) is 13.1 Å². The molecular weight excluding hydrogens is 350 g/mol. The van der Waals surface area contributed by atoms with Crippen LogP contribution < -0.4 is 9.46 Å². The first-order chi connectivity index (χ1) is 11.4. The normalized spacial score (nSPS) is 20.0. The van der Waals surface area contributed by atoms with Crippen LogP contribution >= 0.6 is 11.6 Å². The van der Waals surface area contributed by atoms with Crippen LogP contribution in [0.5, 0.6) is 5.75 Å². The highest BCUT2D eigenvalue weighted by atomic mass is 35.5. The number of hydrogen-bond donors (Lipinski definition) is 2. The summed E-state index contributed by atoms with van der Waals surface area (Å²) < 4.78 is 32.8. The van der Waals surface area contributed by atoms with Crippen molar-refractivity contribution in [2.24, 2.45) is 0 Å². The van der Waals surface area contributed by atoms with E-state index in [2.05, 4.69) is 4.72 Å². The van der Waals surface area contributed by atoms with E-state index in [0.29, 0.717) is 11.4 Å². The molecule has 0 heterocycles. The molecule has 2 aromatic rings. The van der Waals surface area contributed by atoms with Crippen molar-refractivity contribution in [1.29, 1.82) is 0 Å². The maximum atomic E-state index is 12.6. The van der Waals surface area contributed by atoms with Gasteiger partial charge < -0.3 is 9.84 Å². The number of ether oxygens (including phenoxy) is 1. The van der Waals surface area contributed by atoms with Crippen molar-refractivity contribution >= 4 is 21.6 Å². The van der Waals surface area contributed by atoms with E-state index in [-0.39, 0.29) is 17.2 Å². The summed E-state index contributed by atoms with van der Waals surface area (Å²) in [6.07, 6.45) is 1.19. The number of halogens is 1. The topological polar surface area (TPSA) is 75.6 Å². The summed E-state index contributed by atoms with van der Waals surface area (Å²) in [4.78, 5) is -0.0487. The molecule has 2 N–H and O–H groups in total. The molecule has 1 unspecified atom stereocenters. The third kappa shape index (κ3) is 3.15. The van der Waals surface area contributed by atoms with Crippen LogP contribution in [0.2, 0.25) is 5.02 Å². The Morgan fingerprint density at radius 1 is 1.29 bits per heavy atom. The van der Waals surface area contributed by atoms with E-state index in [1.54, 1.807) is 6.07 Å². The minimum absolute atomic E-state index is 0.0487. The molecule has 0 bridgehead atoms. The highest BCUT2D eigenvalue weighted by molar-refractivity contribution is 7.89. The van der Waals surface area contributed by atoms with Gasteiger partial charge in [0.2, 0.25) is 10.0 Å². The number of fused-ring (bicyclic) bond motifs is 1. The summed E-state index contributed by atoms with van der Waals surface area (Å²) in [7, 11) is -2.48. The van der Waals surface area contributed by atoms with Crippen LogP contribution in [0.15, 0.2) is 47.4 Å². The second-order valence-corrected chi connectivity index (χ2v) is 7.98. The van der Waals surface area contributed by atoms with Crippen molar-refractivity contribution in [2.45, 2.75) is 23.3 Å². The van der Waals surface area contributed by atoms with Crippen LogP contribution in [0.1, 0.15) is 17.5 Å². The van der Waals surface area contributed by atoms with Gasteiger partial charge in [-0.15, -0.1) is 0 Å². The molecule has 3 rings (SSSR count). The number of rotatable bonds is 5. The van der Waals surface area contributed by atoms with Gasteiger partial charge in [-0.3, -0.25) is 0 Å². The zero-order valence-corrected chi connectivity index (χ0v) is 14.7. The van der Waals surface area contributed by atoms with Crippen molar-refractivity contribution in [1.82, 2.24) is 4.72 Å². The van der Waals surface area contributed by atoms with E-state index >= 15 is 0 Å². The van der Waals surface area contributed by atoms with Gasteiger partial charge in [0.05, 0.1) is 7.11 Å². The lowest BCUT2D eigenvalue weighted by atomic mass is 9.96. The fourth-order valence-electron chi connectivity index (χ4n) is 3.00. The zero-order chi connectivity index (χ0) is 17.4. The summed E-state index contributed by atoms with van der Waals surface area (Å²) in [6.45, 7) is -0.109.